The number of rotatable bonds is 9. The Bertz CT molecular complexity index is 1100. The Morgan fingerprint density at radius 1 is 1.13 bits per heavy atom. The highest BCUT2D eigenvalue weighted by Gasteiger charge is 2.16. The second-order valence-electron chi connectivity index (χ2n) is 6.33. The molecule has 0 saturated carbocycles. The Balaban J connectivity index is 1.50. The zero-order valence-electron chi connectivity index (χ0n) is 16.1. The maximum Gasteiger partial charge on any atom is 0.263 e. The summed E-state index contributed by atoms with van der Waals surface area (Å²) in [4.78, 5) is 16.4. The molecule has 1 aromatic heterocycles. The highest BCUT2D eigenvalue weighted by molar-refractivity contribution is 7.93. The number of halogens is 1. The van der Waals surface area contributed by atoms with E-state index in [-0.39, 0.29) is 22.4 Å². The molecule has 2 aromatic carbocycles. The van der Waals surface area contributed by atoms with Gasteiger partial charge in [0.1, 0.15) is 5.75 Å². The zero-order valence-corrected chi connectivity index (χ0v) is 18.5. The summed E-state index contributed by atoms with van der Waals surface area (Å²) in [5, 5.41) is 5.47. The molecule has 30 heavy (non-hydrogen) atoms. The molecule has 0 fully saturated rings. The van der Waals surface area contributed by atoms with Gasteiger partial charge >= 0.3 is 0 Å². The third kappa shape index (κ3) is 6.19. The molecule has 7 nitrogen and oxygen atoms in total. The summed E-state index contributed by atoms with van der Waals surface area (Å²) in [6.07, 6.45) is 0.662. The standard InChI is InChI=1S/C20H20ClN3O4S2/c1-28-17-7-9-18(10-8-17)30(26,27)24-20-23-16(13-29-20)6-11-19(25)22-12-14-2-4-15(21)5-3-14/h2-5,7-10,13H,6,11-12H2,1H3,(H,22,25)(H,23,24). The van der Waals surface area contributed by atoms with Gasteiger partial charge in [-0.2, -0.15) is 0 Å². The molecule has 0 aliphatic heterocycles. The molecule has 10 heteroatoms. The largest absolute Gasteiger partial charge is 0.497 e. The van der Waals surface area contributed by atoms with Crippen LogP contribution in [0.15, 0.2) is 58.8 Å². The fraction of sp³-hybridized carbons (Fsp3) is 0.200. The van der Waals surface area contributed by atoms with E-state index in [1.54, 1.807) is 29.6 Å². The predicted octanol–water partition coefficient (Wildman–Crippen LogP) is 3.85. The lowest BCUT2D eigenvalue weighted by atomic mass is 10.2. The van der Waals surface area contributed by atoms with Gasteiger partial charge in [-0.05, 0) is 48.4 Å². The fourth-order valence-corrected chi connectivity index (χ4v) is 4.65. The van der Waals surface area contributed by atoms with E-state index >= 15 is 0 Å². The maximum atomic E-state index is 12.5. The van der Waals surface area contributed by atoms with Crippen LogP contribution in [0, 0.1) is 0 Å². The molecule has 0 saturated heterocycles. The summed E-state index contributed by atoms with van der Waals surface area (Å²) in [6.45, 7) is 0.417. The molecule has 3 aromatic rings. The lowest BCUT2D eigenvalue weighted by Crippen LogP contribution is -2.23. The van der Waals surface area contributed by atoms with Crippen LogP contribution >= 0.6 is 22.9 Å². The van der Waals surface area contributed by atoms with Gasteiger partial charge in [0.2, 0.25) is 5.91 Å². The van der Waals surface area contributed by atoms with Crippen LogP contribution in [-0.2, 0) is 27.8 Å². The quantitative estimate of drug-likeness (QED) is 0.500. The number of benzene rings is 2. The number of hydrogen-bond acceptors (Lipinski definition) is 6. The molecule has 0 aliphatic carbocycles. The van der Waals surface area contributed by atoms with Crippen molar-refractivity contribution in [2.75, 3.05) is 11.8 Å². The van der Waals surface area contributed by atoms with Crippen LogP contribution in [-0.4, -0.2) is 26.4 Å². The molecule has 2 N–H and O–H groups in total. The highest BCUT2D eigenvalue weighted by Crippen LogP contribution is 2.22. The molecule has 1 heterocycles. The number of nitrogens with zero attached hydrogens (tertiary/aromatic N) is 1. The van der Waals surface area contributed by atoms with Crippen LogP contribution in [0.5, 0.6) is 5.75 Å². The van der Waals surface area contributed by atoms with Gasteiger partial charge in [0.15, 0.2) is 5.13 Å². The van der Waals surface area contributed by atoms with Gasteiger partial charge in [-0.3, -0.25) is 9.52 Å². The van der Waals surface area contributed by atoms with Crippen LogP contribution in [0.3, 0.4) is 0 Å². The first kappa shape index (κ1) is 22.1. The molecule has 158 valence electrons. The van der Waals surface area contributed by atoms with Crippen molar-refractivity contribution in [2.24, 2.45) is 0 Å². The highest BCUT2D eigenvalue weighted by atomic mass is 35.5. The normalized spacial score (nSPS) is 11.1. The number of ether oxygens (including phenoxy) is 1. The fourth-order valence-electron chi connectivity index (χ4n) is 2.53. The summed E-state index contributed by atoms with van der Waals surface area (Å²) >= 11 is 7.01. The van der Waals surface area contributed by atoms with E-state index in [1.165, 1.54) is 30.6 Å². The number of methoxy groups -OCH3 is 1. The second-order valence-corrected chi connectivity index (χ2v) is 9.31. The van der Waals surface area contributed by atoms with Gasteiger partial charge in [-0.25, -0.2) is 13.4 Å². The molecule has 0 spiro atoms. The van der Waals surface area contributed by atoms with Gasteiger partial charge < -0.3 is 10.1 Å². The van der Waals surface area contributed by atoms with Crippen molar-refractivity contribution >= 4 is 44.0 Å². The summed E-state index contributed by atoms with van der Waals surface area (Å²) in [6, 6.07) is 13.3. The Morgan fingerprint density at radius 2 is 1.83 bits per heavy atom. The summed E-state index contributed by atoms with van der Waals surface area (Å²) in [7, 11) is -2.23. The molecule has 0 aliphatic rings. The molecule has 3 rings (SSSR count). The molecule has 0 unspecified atom stereocenters. The van der Waals surface area contributed by atoms with E-state index in [0.29, 0.717) is 29.4 Å². The van der Waals surface area contributed by atoms with Crippen LogP contribution in [0.25, 0.3) is 0 Å². The number of nitrogens with one attached hydrogen (secondary N) is 2. The molecule has 0 bridgehead atoms. The van der Waals surface area contributed by atoms with Crippen molar-refractivity contribution in [3.05, 3.63) is 70.2 Å². The summed E-state index contributed by atoms with van der Waals surface area (Å²) < 4.78 is 32.4. The first-order valence-corrected chi connectivity index (χ1v) is 11.7. The Morgan fingerprint density at radius 3 is 2.50 bits per heavy atom. The molecule has 0 atom stereocenters. The minimum absolute atomic E-state index is 0.113. The number of hydrogen-bond donors (Lipinski definition) is 2. The van der Waals surface area contributed by atoms with E-state index in [1.807, 2.05) is 12.1 Å². The van der Waals surface area contributed by atoms with Crippen molar-refractivity contribution in [1.82, 2.24) is 10.3 Å². The lowest BCUT2D eigenvalue weighted by Gasteiger charge is -2.06. The minimum Gasteiger partial charge on any atom is -0.497 e. The third-order valence-electron chi connectivity index (χ3n) is 4.15. The average Bonchev–Trinajstić information content (AvgIpc) is 3.18. The SMILES string of the molecule is COc1ccc(S(=O)(=O)Nc2nc(CCC(=O)NCc3ccc(Cl)cc3)cs2)cc1. The number of amides is 1. The number of thiazole rings is 1. The van der Waals surface area contributed by atoms with E-state index in [9.17, 15) is 13.2 Å². The van der Waals surface area contributed by atoms with Crippen molar-refractivity contribution in [1.29, 1.82) is 0 Å². The van der Waals surface area contributed by atoms with Crippen molar-refractivity contribution < 1.29 is 17.9 Å². The Kier molecular flexibility index (Phi) is 7.30. The number of anilines is 1. The monoisotopic (exact) mass is 465 g/mol. The van der Waals surface area contributed by atoms with Gasteiger partial charge in [-0.15, -0.1) is 11.3 Å². The molecular weight excluding hydrogens is 446 g/mol. The number of aryl methyl sites for hydroxylation is 1. The van der Waals surface area contributed by atoms with Gasteiger partial charge in [0.05, 0.1) is 17.7 Å². The minimum atomic E-state index is -3.74. The smallest absolute Gasteiger partial charge is 0.263 e. The van der Waals surface area contributed by atoms with Crippen LogP contribution in [0.2, 0.25) is 5.02 Å². The van der Waals surface area contributed by atoms with Gasteiger partial charge in [0, 0.05) is 23.4 Å². The maximum absolute atomic E-state index is 12.5. The van der Waals surface area contributed by atoms with E-state index in [2.05, 4.69) is 15.0 Å². The predicted molar refractivity (Wildman–Crippen MR) is 118 cm³/mol. The number of sulfonamides is 1. The van der Waals surface area contributed by atoms with Crippen molar-refractivity contribution in [2.45, 2.75) is 24.3 Å². The molecule has 1 amide bonds. The van der Waals surface area contributed by atoms with Gasteiger partial charge in [0.25, 0.3) is 10.0 Å². The summed E-state index contributed by atoms with van der Waals surface area (Å²) in [5.41, 5.74) is 1.60. The van der Waals surface area contributed by atoms with E-state index < -0.39 is 10.0 Å². The van der Waals surface area contributed by atoms with Crippen LogP contribution in [0.4, 0.5) is 5.13 Å². The Labute approximate surface area is 184 Å². The van der Waals surface area contributed by atoms with Crippen LogP contribution in [0.1, 0.15) is 17.7 Å². The third-order valence-corrected chi connectivity index (χ3v) is 6.70. The van der Waals surface area contributed by atoms with Crippen LogP contribution < -0.4 is 14.8 Å². The first-order valence-electron chi connectivity index (χ1n) is 8.98. The number of aromatic nitrogens is 1. The number of carbonyl (C=O) groups is 1. The zero-order chi connectivity index (χ0) is 21.6. The lowest BCUT2D eigenvalue weighted by molar-refractivity contribution is -0.121. The molecular formula is C20H20ClN3O4S2. The van der Waals surface area contributed by atoms with Gasteiger partial charge in [-0.1, -0.05) is 23.7 Å². The topological polar surface area (TPSA) is 97.4 Å². The average molecular weight is 466 g/mol. The summed E-state index contributed by atoms with van der Waals surface area (Å²) in [5.74, 6) is 0.457. The van der Waals surface area contributed by atoms with E-state index in [4.69, 9.17) is 16.3 Å². The second kappa shape index (κ2) is 9.92. The van der Waals surface area contributed by atoms with E-state index in [0.717, 1.165) is 5.56 Å². The molecule has 0 radical (unpaired) electrons. The number of carbonyl (C=O) groups excluding carboxylic acids is 1. The first-order chi connectivity index (χ1) is 14.4. The van der Waals surface area contributed by atoms with Crippen molar-refractivity contribution in [3.8, 4) is 5.75 Å². The Hall–Kier alpha value is -2.62. The van der Waals surface area contributed by atoms with Crippen molar-refractivity contribution in [3.63, 3.8) is 0 Å².